The van der Waals surface area contributed by atoms with Gasteiger partial charge >= 0.3 is 0 Å². The lowest BCUT2D eigenvalue weighted by molar-refractivity contribution is 0.243. The van der Waals surface area contributed by atoms with E-state index in [0.29, 0.717) is 18.4 Å². The SMILES string of the molecule is CCNC(=NCc1ccccc1OC)NCC(CCO)CC(C)C.I. The van der Waals surface area contributed by atoms with Gasteiger partial charge in [-0.1, -0.05) is 32.0 Å². The summed E-state index contributed by atoms with van der Waals surface area (Å²) in [6.07, 6.45) is 1.91. The van der Waals surface area contributed by atoms with E-state index in [1.54, 1.807) is 7.11 Å². The van der Waals surface area contributed by atoms with Crippen LogP contribution in [0, 0.1) is 11.8 Å². The van der Waals surface area contributed by atoms with E-state index in [2.05, 4.69) is 36.4 Å². The van der Waals surface area contributed by atoms with Crippen LogP contribution in [0.3, 0.4) is 0 Å². The molecule has 6 heteroatoms. The van der Waals surface area contributed by atoms with Crippen molar-refractivity contribution in [3.63, 3.8) is 0 Å². The molecule has 0 saturated heterocycles. The molecule has 0 saturated carbocycles. The third-order valence-electron chi connectivity index (χ3n) is 3.84. The first-order valence-corrected chi connectivity index (χ1v) is 8.85. The van der Waals surface area contributed by atoms with Crippen molar-refractivity contribution >= 4 is 29.9 Å². The molecule has 0 aromatic heterocycles. The summed E-state index contributed by atoms with van der Waals surface area (Å²) in [5.74, 6) is 2.73. The third-order valence-corrected chi connectivity index (χ3v) is 3.84. The van der Waals surface area contributed by atoms with E-state index >= 15 is 0 Å². The number of aliphatic hydroxyl groups is 1. The minimum atomic E-state index is 0. The minimum absolute atomic E-state index is 0. The summed E-state index contributed by atoms with van der Waals surface area (Å²) in [5, 5.41) is 15.9. The van der Waals surface area contributed by atoms with Gasteiger partial charge in [0.2, 0.25) is 0 Å². The van der Waals surface area contributed by atoms with Gasteiger partial charge in [0.1, 0.15) is 5.75 Å². The van der Waals surface area contributed by atoms with Crippen LogP contribution in [0.25, 0.3) is 0 Å². The van der Waals surface area contributed by atoms with Gasteiger partial charge in [0, 0.05) is 25.3 Å². The Morgan fingerprint density at radius 3 is 2.56 bits per heavy atom. The molecule has 0 spiro atoms. The van der Waals surface area contributed by atoms with Crippen LogP contribution < -0.4 is 15.4 Å². The van der Waals surface area contributed by atoms with Crippen molar-refractivity contribution < 1.29 is 9.84 Å². The minimum Gasteiger partial charge on any atom is -0.496 e. The lowest BCUT2D eigenvalue weighted by atomic mass is 9.94. The van der Waals surface area contributed by atoms with Crippen LogP contribution in [-0.2, 0) is 6.54 Å². The first-order chi connectivity index (χ1) is 11.6. The number of aliphatic hydroxyl groups excluding tert-OH is 1. The molecule has 0 heterocycles. The lowest BCUT2D eigenvalue weighted by Gasteiger charge is -2.20. The standard InChI is InChI=1S/C19H33N3O2.HI/c1-5-20-19(21-13-16(10-11-23)12-15(2)3)22-14-17-8-6-7-9-18(17)24-4;/h6-9,15-16,23H,5,10-14H2,1-4H3,(H2,20,21,22);1H. The predicted octanol–water partition coefficient (Wildman–Crippen LogP) is 3.41. The number of nitrogens with zero attached hydrogens (tertiary/aromatic N) is 1. The maximum atomic E-state index is 9.24. The van der Waals surface area contributed by atoms with Gasteiger partial charge in [0.05, 0.1) is 13.7 Å². The Labute approximate surface area is 169 Å². The molecular weight excluding hydrogens is 429 g/mol. The fourth-order valence-corrected chi connectivity index (χ4v) is 2.73. The zero-order chi connectivity index (χ0) is 17.8. The first-order valence-electron chi connectivity index (χ1n) is 8.85. The van der Waals surface area contributed by atoms with Gasteiger partial charge < -0.3 is 20.5 Å². The fraction of sp³-hybridized carbons (Fsp3) is 0.632. The second-order valence-corrected chi connectivity index (χ2v) is 6.40. The number of hydrogen-bond acceptors (Lipinski definition) is 3. The smallest absolute Gasteiger partial charge is 0.191 e. The highest BCUT2D eigenvalue weighted by Gasteiger charge is 2.11. The second-order valence-electron chi connectivity index (χ2n) is 6.40. The summed E-state index contributed by atoms with van der Waals surface area (Å²) < 4.78 is 5.37. The van der Waals surface area contributed by atoms with Gasteiger partial charge in [-0.3, -0.25) is 0 Å². The monoisotopic (exact) mass is 463 g/mol. The molecular formula is C19H34IN3O2. The summed E-state index contributed by atoms with van der Waals surface area (Å²) in [6, 6.07) is 7.93. The summed E-state index contributed by atoms with van der Waals surface area (Å²) in [5.41, 5.74) is 1.06. The molecule has 1 rings (SSSR count). The molecule has 0 amide bonds. The molecule has 1 aromatic rings. The maximum absolute atomic E-state index is 9.24. The predicted molar refractivity (Wildman–Crippen MR) is 116 cm³/mol. The van der Waals surface area contributed by atoms with Crippen molar-refractivity contribution in [1.29, 1.82) is 0 Å². The molecule has 0 aliphatic heterocycles. The molecule has 0 aliphatic carbocycles. The summed E-state index contributed by atoms with van der Waals surface area (Å²) in [7, 11) is 1.68. The van der Waals surface area contributed by atoms with Gasteiger partial charge in [-0.15, -0.1) is 24.0 Å². The lowest BCUT2D eigenvalue weighted by Crippen LogP contribution is -2.40. The number of nitrogens with one attached hydrogen (secondary N) is 2. The topological polar surface area (TPSA) is 65.9 Å². The number of ether oxygens (including phenoxy) is 1. The third kappa shape index (κ3) is 9.89. The van der Waals surface area contributed by atoms with Gasteiger partial charge in [0.15, 0.2) is 5.96 Å². The summed E-state index contributed by atoms with van der Waals surface area (Å²) >= 11 is 0. The highest BCUT2D eigenvalue weighted by molar-refractivity contribution is 14.0. The van der Waals surface area contributed by atoms with E-state index in [-0.39, 0.29) is 30.6 Å². The van der Waals surface area contributed by atoms with E-state index < -0.39 is 0 Å². The van der Waals surface area contributed by atoms with Crippen molar-refractivity contribution in [2.24, 2.45) is 16.8 Å². The average molecular weight is 463 g/mol. The van der Waals surface area contributed by atoms with Crippen LogP contribution in [0.2, 0.25) is 0 Å². The maximum Gasteiger partial charge on any atom is 0.191 e. The molecule has 5 nitrogen and oxygen atoms in total. The quantitative estimate of drug-likeness (QED) is 0.283. The molecule has 3 N–H and O–H groups in total. The molecule has 25 heavy (non-hydrogen) atoms. The average Bonchev–Trinajstić information content (AvgIpc) is 2.57. The Bertz CT molecular complexity index is 495. The van der Waals surface area contributed by atoms with Crippen LogP contribution in [0.4, 0.5) is 0 Å². The van der Waals surface area contributed by atoms with Gasteiger partial charge in [-0.2, -0.15) is 0 Å². The van der Waals surface area contributed by atoms with E-state index in [0.717, 1.165) is 43.2 Å². The second kappa shape index (κ2) is 14.2. The van der Waals surface area contributed by atoms with E-state index in [9.17, 15) is 5.11 Å². The van der Waals surface area contributed by atoms with Crippen LogP contribution in [0.15, 0.2) is 29.3 Å². The number of rotatable bonds is 10. The number of hydrogen-bond donors (Lipinski definition) is 3. The van der Waals surface area contributed by atoms with Crippen molar-refractivity contribution in [2.45, 2.75) is 40.2 Å². The van der Waals surface area contributed by atoms with Crippen molar-refractivity contribution in [1.82, 2.24) is 10.6 Å². The van der Waals surface area contributed by atoms with Crippen molar-refractivity contribution in [3.05, 3.63) is 29.8 Å². The number of halogens is 1. The number of guanidine groups is 1. The van der Waals surface area contributed by atoms with Crippen LogP contribution >= 0.6 is 24.0 Å². The Balaban J connectivity index is 0.00000576. The van der Waals surface area contributed by atoms with Crippen LogP contribution in [0.1, 0.15) is 39.2 Å². The van der Waals surface area contributed by atoms with Gasteiger partial charge in [0.25, 0.3) is 0 Å². The highest BCUT2D eigenvalue weighted by atomic mass is 127. The normalized spacial score (nSPS) is 12.5. The highest BCUT2D eigenvalue weighted by Crippen LogP contribution is 2.18. The molecule has 0 bridgehead atoms. The van der Waals surface area contributed by atoms with E-state index in [1.165, 1.54) is 0 Å². The Hall–Kier alpha value is -1.02. The fourth-order valence-electron chi connectivity index (χ4n) is 2.73. The Morgan fingerprint density at radius 2 is 1.96 bits per heavy atom. The summed E-state index contributed by atoms with van der Waals surface area (Å²) in [6.45, 7) is 8.90. The zero-order valence-corrected chi connectivity index (χ0v) is 18.2. The Morgan fingerprint density at radius 1 is 1.24 bits per heavy atom. The van der Waals surface area contributed by atoms with Gasteiger partial charge in [-0.05, 0) is 37.7 Å². The first kappa shape index (κ1) is 24.0. The Kier molecular flexibility index (Phi) is 13.6. The van der Waals surface area contributed by atoms with Crippen LogP contribution in [0.5, 0.6) is 5.75 Å². The van der Waals surface area contributed by atoms with Crippen molar-refractivity contribution in [2.75, 3.05) is 26.8 Å². The van der Waals surface area contributed by atoms with Crippen molar-refractivity contribution in [3.8, 4) is 5.75 Å². The molecule has 0 fully saturated rings. The van der Waals surface area contributed by atoms with Crippen LogP contribution in [-0.4, -0.2) is 37.9 Å². The molecule has 1 atom stereocenters. The molecule has 0 aliphatic rings. The number of para-hydroxylation sites is 1. The molecule has 0 radical (unpaired) electrons. The molecule has 1 unspecified atom stereocenters. The van der Waals surface area contributed by atoms with E-state index in [1.807, 2.05) is 24.3 Å². The number of methoxy groups -OCH3 is 1. The van der Waals surface area contributed by atoms with Gasteiger partial charge in [-0.25, -0.2) is 4.99 Å². The van der Waals surface area contributed by atoms with E-state index in [4.69, 9.17) is 4.74 Å². The molecule has 144 valence electrons. The number of aliphatic imine (C=N–C) groups is 1. The molecule has 1 aromatic carbocycles. The largest absolute Gasteiger partial charge is 0.496 e. The summed E-state index contributed by atoms with van der Waals surface area (Å²) in [4.78, 5) is 4.66. The number of benzene rings is 1. The zero-order valence-electron chi connectivity index (χ0n) is 15.9.